The van der Waals surface area contributed by atoms with Gasteiger partial charge in [0.2, 0.25) is 0 Å². The summed E-state index contributed by atoms with van der Waals surface area (Å²) in [7, 11) is 2.84. The average molecular weight is 403 g/mol. The molecule has 2 aromatic rings. The quantitative estimate of drug-likeness (QED) is 0.717. The van der Waals surface area contributed by atoms with Gasteiger partial charge in [0.05, 0.1) is 26.7 Å². The Morgan fingerprint density at radius 2 is 1.72 bits per heavy atom. The van der Waals surface area contributed by atoms with E-state index in [2.05, 4.69) is 0 Å². The van der Waals surface area contributed by atoms with Crippen molar-refractivity contribution >= 4 is 12.1 Å². The van der Waals surface area contributed by atoms with Crippen molar-refractivity contribution in [3.8, 4) is 5.75 Å². The molecule has 8 nitrogen and oxygen atoms in total. The number of hydrogen-bond donors (Lipinski definition) is 0. The number of carbonyl (C=O) groups is 2. The molecule has 3 rings (SSSR count). The molecular formula is C21H25NO7. The summed E-state index contributed by atoms with van der Waals surface area (Å²) in [6.45, 7) is 5.32. The highest BCUT2D eigenvalue weighted by Crippen LogP contribution is 2.44. The van der Waals surface area contributed by atoms with Crippen LogP contribution in [0.5, 0.6) is 5.75 Å². The lowest BCUT2D eigenvalue weighted by Crippen LogP contribution is -2.40. The average Bonchev–Trinajstić information content (AvgIpc) is 3.33. The summed E-state index contributed by atoms with van der Waals surface area (Å²) >= 11 is 0. The highest BCUT2D eigenvalue weighted by Gasteiger charge is 2.51. The van der Waals surface area contributed by atoms with Crippen LogP contribution in [0.2, 0.25) is 0 Å². The van der Waals surface area contributed by atoms with Crippen LogP contribution in [0.3, 0.4) is 0 Å². The molecule has 1 fully saturated rings. The predicted octanol–water partition coefficient (Wildman–Crippen LogP) is 3.84. The fourth-order valence-electron chi connectivity index (χ4n) is 3.18. The zero-order valence-corrected chi connectivity index (χ0v) is 17.1. The molecule has 0 saturated carbocycles. The molecule has 0 bridgehead atoms. The second-order valence-corrected chi connectivity index (χ2v) is 7.59. The van der Waals surface area contributed by atoms with Gasteiger partial charge in [-0.05, 0) is 39.0 Å². The van der Waals surface area contributed by atoms with Crippen molar-refractivity contribution in [1.29, 1.82) is 0 Å². The molecule has 1 aromatic carbocycles. The molecule has 2 heterocycles. The van der Waals surface area contributed by atoms with Crippen molar-refractivity contribution in [1.82, 2.24) is 4.90 Å². The number of hydrogen-bond acceptors (Lipinski definition) is 7. The Labute approximate surface area is 169 Å². The number of furan rings is 1. The number of benzene rings is 1. The Balaban J connectivity index is 2.06. The maximum Gasteiger partial charge on any atom is 0.413 e. The van der Waals surface area contributed by atoms with E-state index in [1.807, 2.05) is 0 Å². The Morgan fingerprint density at radius 1 is 1.03 bits per heavy atom. The molecular weight excluding hydrogens is 378 g/mol. The first kappa shape index (κ1) is 20.7. The first-order valence-corrected chi connectivity index (χ1v) is 9.16. The molecule has 156 valence electrons. The number of rotatable bonds is 4. The number of ether oxygens (including phenoxy) is 4. The fraction of sp³-hybridized carbons (Fsp3) is 0.429. The molecule has 8 heteroatoms. The van der Waals surface area contributed by atoms with Crippen LogP contribution in [0, 0.1) is 0 Å². The molecule has 0 radical (unpaired) electrons. The highest BCUT2D eigenvalue weighted by molar-refractivity contribution is 5.79. The number of nitrogens with zero attached hydrogens (tertiary/aromatic N) is 1. The molecule has 0 spiro atoms. The number of amides is 1. The topological polar surface area (TPSA) is 87.4 Å². The minimum atomic E-state index is -1.04. The lowest BCUT2D eigenvalue weighted by Gasteiger charge is -2.31. The van der Waals surface area contributed by atoms with Crippen molar-refractivity contribution in [2.75, 3.05) is 14.2 Å². The van der Waals surface area contributed by atoms with E-state index in [0.717, 1.165) is 0 Å². The van der Waals surface area contributed by atoms with Crippen molar-refractivity contribution in [2.45, 2.75) is 44.7 Å². The predicted molar refractivity (Wildman–Crippen MR) is 102 cm³/mol. The van der Waals surface area contributed by atoms with Gasteiger partial charge in [-0.15, -0.1) is 0 Å². The lowest BCUT2D eigenvalue weighted by atomic mass is 10.0. The van der Waals surface area contributed by atoms with E-state index in [4.69, 9.17) is 23.4 Å². The van der Waals surface area contributed by atoms with Gasteiger partial charge in [0.1, 0.15) is 17.4 Å². The third kappa shape index (κ3) is 4.37. The van der Waals surface area contributed by atoms with Gasteiger partial charge in [-0.25, -0.2) is 9.59 Å². The van der Waals surface area contributed by atoms with E-state index in [1.54, 1.807) is 58.2 Å². The summed E-state index contributed by atoms with van der Waals surface area (Å²) in [5, 5.41) is 0. The summed E-state index contributed by atoms with van der Waals surface area (Å²) in [6.07, 6.45) is 0.419. The van der Waals surface area contributed by atoms with Gasteiger partial charge in [-0.2, -0.15) is 0 Å². The summed E-state index contributed by atoms with van der Waals surface area (Å²) in [5.74, 6) is 0.0623. The maximum atomic E-state index is 13.1. The summed E-state index contributed by atoms with van der Waals surface area (Å²) in [6, 6.07) is 7.95. The standard InChI is InChI=1S/C21H25NO7/c1-21(2,3)29-20(24)22-16(14-10-11-27-12-14)17(19(23)26-5)28-18(22)13-6-8-15(25-4)9-7-13/h6-12,16-18H,1-5H3/t16-,17+,18?/m0/s1. The van der Waals surface area contributed by atoms with Crippen LogP contribution in [-0.2, 0) is 19.0 Å². The molecule has 0 N–H and O–H groups in total. The molecule has 3 atom stereocenters. The van der Waals surface area contributed by atoms with E-state index in [0.29, 0.717) is 16.9 Å². The number of carbonyl (C=O) groups excluding carboxylic acids is 2. The number of esters is 1. The van der Waals surface area contributed by atoms with Crippen molar-refractivity contribution in [3.63, 3.8) is 0 Å². The van der Waals surface area contributed by atoms with E-state index in [1.165, 1.54) is 24.5 Å². The molecule has 29 heavy (non-hydrogen) atoms. The summed E-state index contributed by atoms with van der Waals surface area (Å²) in [5.41, 5.74) is 0.532. The summed E-state index contributed by atoms with van der Waals surface area (Å²) in [4.78, 5) is 27.0. The van der Waals surface area contributed by atoms with Crippen molar-refractivity contribution in [2.24, 2.45) is 0 Å². The first-order valence-electron chi connectivity index (χ1n) is 9.16. The van der Waals surface area contributed by atoms with Crippen molar-refractivity contribution < 1.29 is 33.0 Å². The number of methoxy groups -OCH3 is 2. The minimum absolute atomic E-state index is 0.597. The molecule has 1 saturated heterocycles. The second-order valence-electron chi connectivity index (χ2n) is 7.59. The Kier molecular flexibility index (Phi) is 5.83. The highest BCUT2D eigenvalue weighted by atomic mass is 16.6. The molecule has 1 aromatic heterocycles. The van der Waals surface area contributed by atoms with E-state index < -0.39 is 36.0 Å². The monoisotopic (exact) mass is 403 g/mol. The third-order valence-corrected chi connectivity index (χ3v) is 4.44. The van der Waals surface area contributed by atoms with Crippen LogP contribution in [0.1, 0.15) is 44.2 Å². The van der Waals surface area contributed by atoms with Crippen LogP contribution in [0.4, 0.5) is 4.79 Å². The van der Waals surface area contributed by atoms with Crippen LogP contribution >= 0.6 is 0 Å². The van der Waals surface area contributed by atoms with E-state index >= 15 is 0 Å². The first-order chi connectivity index (χ1) is 13.7. The van der Waals surface area contributed by atoms with Gasteiger partial charge in [-0.1, -0.05) is 12.1 Å². The summed E-state index contributed by atoms with van der Waals surface area (Å²) < 4.78 is 26.9. The lowest BCUT2D eigenvalue weighted by molar-refractivity contribution is -0.154. The Hall–Kier alpha value is -3.00. The maximum absolute atomic E-state index is 13.1. The van der Waals surface area contributed by atoms with E-state index in [9.17, 15) is 9.59 Å². The van der Waals surface area contributed by atoms with Crippen LogP contribution in [-0.4, -0.2) is 42.9 Å². The zero-order chi connectivity index (χ0) is 21.2. The Bertz CT molecular complexity index is 839. The minimum Gasteiger partial charge on any atom is -0.497 e. The van der Waals surface area contributed by atoms with Crippen LogP contribution in [0.25, 0.3) is 0 Å². The van der Waals surface area contributed by atoms with Gasteiger partial charge in [0.25, 0.3) is 0 Å². The van der Waals surface area contributed by atoms with Crippen LogP contribution in [0.15, 0.2) is 47.3 Å². The smallest absolute Gasteiger partial charge is 0.413 e. The molecule has 0 aliphatic carbocycles. The van der Waals surface area contributed by atoms with Gasteiger partial charge in [0.15, 0.2) is 12.3 Å². The van der Waals surface area contributed by atoms with Gasteiger partial charge < -0.3 is 23.4 Å². The Morgan fingerprint density at radius 3 is 2.24 bits per heavy atom. The SMILES string of the molecule is COC(=O)[C@@H]1OC(c2ccc(OC)cc2)N(C(=O)OC(C)(C)C)[C@H]1c1ccoc1. The zero-order valence-electron chi connectivity index (χ0n) is 17.1. The molecule has 1 aliphatic rings. The van der Waals surface area contributed by atoms with Gasteiger partial charge in [0, 0.05) is 11.1 Å². The van der Waals surface area contributed by atoms with Crippen molar-refractivity contribution in [3.05, 3.63) is 54.0 Å². The van der Waals surface area contributed by atoms with E-state index in [-0.39, 0.29) is 0 Å². The molecule has 1 amide bonds. The molecule has 1 aliphatic heterocycles. The normalized spacial score (nSPS) is 21.7. The van der Waals surface area contributed by atoms with Gasteiger partial charge >= 0.3 is 12.1 Å². The van der Waals surface area contributed by atoms with Crippen LogP contribution < -0.4 is 4.74 Å². The second kappa shape index (κ2) is 8.16. The fourth-order valence-corrected chi connectivity index (χ4v) is 3.18. The molecule has 1 unspecified atom stereocenters. The third-order valence-electron chi connectivity index (χ3n) is 4.44. The van der Waals surface area contributed by atoms with Gasteiger partial charge in [-0.3, -0.25) is 4.90 Å². The largest absolute Gasteiger partial charge is 0.497 e.